The number of hydrogen-bond donors (Lipinski definition) is 13. The molecule has 1 aromatic heterocycles. The van der Waals surface area contributed by atoms with Gasteiger partial charge in [-0.25, -0.2) is 9.78 Å². The molecule has 0 aliphatic carbocycles. The van der Waals surface area contributed by atoms with Crippen LogP contribution in [0.3, 0.4) is 0 Å². The Kier molecular flexibility index (Phi) is 18.4. The second-order valence-electron chi connectivity index (χ2n) is 15.0. The van der Waals surface area contributed by atoms with Crippen LogP contribution in [0.2, 0.25) is 0 Å². The number of rotatable bonds is 13. The van der Waals surface area contributed by atoms with Crippen molar-refractivity contribution in [1.82, 2.24) is 47.2 Å². The molecule has 1 fully saturated rings. The molecule has 24 heteroatoms. The van der Waals surface area contributed by atoms with Crippen molar-refractivity contribution in [2.24, 2.45) is 5.73 Å². The summed E-state index contributed by atoms with van der Waals surface area (Å²) in [5.41, 5.74) is 6.61. The second kappa shape index (κ2) is 24.1. The van der Waals surface area contributed by atoms with Gasteiger partial charge in [-0.3, -0.25) is 43.2 Å². The number of aliphatic carboxylic acids is 2. The second-order valence-corrected chi connectivity index (χ2v) is 15.0. The molecule has 4 unspecified atom stereocenters. The standard InChI is InChI=1S/C41H50N10O14/c42-32(54)17-30-39(62)46-25(11-13-34(56)57)35(58)48-28(15-22-6-8-24(53)9-7-22)36(59)47-26(41(64)65)10-12-33(55)45-31(19-52)40(63)50-29(16-23-18-43-20-44-23)38(61)49-27(37(60)51-30)14-21-4-2-1-3-5-21/h1-9,18,20,25-31,52-53H,10-17,19H2,(H2,42,54)(H,43,44)(H,45,55)(H,46,62)(H,47,59)(H,48,58)(H,49,61)(H,50,63)(H,51,60)(H,56,57)(H,64,65)/t25?,26-,27?,28-,29-,30?,31?/m0/s1. The average molecular weight is 907 g/mol. The van der Waals surface area contributed by atoms with Crippen molar-refractivity contribution in [2.45, 2.75) is 93.7 Å². The van der Waals surface area contributed by atoms with Gasteiger partial charge in [-0.05, 0) is 36.1 Å². The highest BCUT2D eigenvalue weighted by atomic mass is 16.4. The lowest BCUT2D eigenvalue weighted by Crippen LogP contribution is -2.61. The highest BCUT2D eigenvalue weighted by molar-refractivity contribution is 5.99. The number of aliphatic hydroxyl groups excluding tert-OH is 1. The number of primary amides is 1. The highest BCUT2D eigenvalue weighted by Crippen LogP contribution is 2.14. The molecule has 1 saturated heterocycles. The van der Waals surface area contributed by atoms with Crippen LogP contribution in [-0.4, -0.2) is 138 Å². The zero-order valence-corrected chi connectivity index (χ0v) is 34.7. The number of hydrogen-bond acceptors (Lipinski definition) is 13. The van der Waals surface area contributed by atoms with Crippen molar-refractivity contribution in [2.75, 3.05) is 6.61 Å². The van der Waals surface area contributed by atoms with Crippen LogP contribution in [0, 0.1) is 0 Å². The van der Waals surface area contributed by atoms with Gasteiger partial charge in [0, 0.05) is 44.0 Å². The molecule has 0 radical (unpaired) electrons. The van der Waals surface area contributed by atoms with Crippen molar-refractivity contribution in [3.63, 3.8) is 0 Å². The Morgan fingerprint density at radius 1 is 0.631 bits per heavy atom. The van der Waals surface area contributed by atoms with Crippen LogP contribution in [0.5, 0.6) is 5.75 Å². The van der Waals surface area contributed by atoms with Gasteiger partial charge in [0.1, 0.15) is 48.0 Å². The molecule has 65 heavy (non-hydrogen) atoms. The third-order valence-corrected chi connectivity index (χ3v) is 9.96. The molecule has 8 amide bonds. The SMILES string of the molecule is NC(=O)CC1NC(=O)C(Cc2ccccc2)NC(=O)[C@H](Cc2cnc[nH]2)NC(=O)C(CO)NC(=O)CC[C@@H](C(=O)O)NC(=O)[C@H](Cc2ccc(O)cc2)NC(=O)C(CCC(=O)O)NC1=O. The van der Waals surface area contributed by atoms with E-state index < -0.39 is 140 Å². The van der Waals surface area contributed by atoms with Crippen LogP contribution in [0.4, 0.5) is 0 Å². The minimum Gasteiger partial charge on any atom is -0.508 e. The van der Waals surface area contributed by atoms with E-state index in [0.29, 0.717) is 16.8 Å². The van der Waals surface area contributed by atoms with Gasteiger partial charge in [0.05, 0.1) is 19.4 Å². The largest absolute Gasteiger partial charge is 0.508 e. The van der Waals surface area contributed by atoms with Gasteiger partial charge < -0.3 is 68.4 Å². The van der Waals surface area contributed by atoms with Crippen molar-refractivity contribution in [3.8, 4) is 5.75 Å². The van der Waals surface area contributed by atoms with Gasteiger partial charge >= 0.3 is 11.9 Å². The van der Waals surface area contributed by atoms with Crippen molar-refractivity contribution < 1.29 is 68.4 Å². The van der Waals surface area contributed by atoms with Gasteiger partial charge in [-0.1, -0.05) is 42.5 Å². The first kappa shape index (κ1) is 49.8. The normalized spacial score (nSPS) is 23.3. The molecule has 1 aliphatic heterocycles. The molecule has 7 atom stereocenters. The van der Waals surface area contributed by atoms with E-state index in [1.54, 1.807) is 30.3 Å². The summed E-state index contributed by atoms with van der Waals surface area (Å²) in [6.45, 7) is -0.997. The number of aromatic amines is 1. The molecule has 24 nitrogen and oxygen atoms in total. The summed E-state index contributed by atoms with van der Waals surface area (Å²) in [6.07, 6.45) is -1.64. The van der Waals surface area contributed by atoms with Crippen molar-refractivity contribution in [3.05, 3.63) is 83.9 Å². The summed E-state index contributed by atoms with van der Waals surface area (Å²) in [7, 11) is 0. The van der Waals surface area contributed by atoms with E-state index in [1.165, 1.54) is 36.8 Å². The zero-order valence-electron chi connectivity index (χ0n) is 34.7. The summed E-state index contributed by atoms with van der Waals surface area (Å²) < 4.78 is 0. The maximum atomic E-state index is 14.1. The van der Waals surface area contributed by atoms with Gasteiger partial charge in [0.25, 0.3) is 0 Å². The lowest BCUT2D eigenvalue weighted by Gasteiger charge is -2.27. The Bertz CT molecular complexity index is 2190. The smallest absolute Gasteiger partial charge is 0.326 e. The van der Waals surface area contributed by atoms with E-state index in [0.717, 1.165) is 0 Å². The van der Waals surface area contributed by atoms with Crippen LogP contribution in [0.1, 0.15) is 48.9 Å². The number of aromatic hydroxyl groups is 1. The predicted octanol–water partition coefficient (Wildman–Crippen LogP) is -3.85. The Morgan fingerprint density at radius 2 is 1.14 bits per heavy atom. The van der Waals surface area contributed by atoms with Crippen LogP contribution < -0.4 is 43.0 Å². The van der Waals surface area contributed by atoms with Crippen LogP contribution >= 0.6 is 0 Å². The van der Waals surface area contributed by atoms with E-state index in [9.17, 15) is 68.4 Å². The number of carbonyl (C=O) groups excluding carboxylic acids is 8. The number of aliphatic hydroxyl groups is 1. The topological polar surface area (TPSA) is 391 Å². The third-order valence-electron chi connectivity index (χ3n) is 9.96. The average Bonchev–Trinajstić information content (AvgIpc) is 3.78. The molecule has 14 N–H and O–H groups in total. The molecule has 0 bridgehead atoms. The summed E-state index contributed by atoms with van der Waals surface area (Å²) in [4.78, 5) is 139. The number of nitrogens with two attached hydrogens (primary N) is 1. The fourth-order valence-electron chi connectivity index (χ4n) is 6.54. The molecular formula is C41H50N10O14. The first-order valence-electron chi connectivity index (χ1n) is 20.2. The summed E-state index contributed by atoms with van der Waals surface area (Å²) in [5.74, 6) is -11.8. The van der Waals surface area contributed by atoms with Crippen LogP contribution in [0.25, 0.3) is 0 Å². The lowest BCUT2D eigenvalue weighted by atomic mass is 10.0. The van der Waals surface area contributed by atoms with Gasteiger partial charge in [-0.2, -0.15) is 0 Å². The molecule has 4 rings (SSSR count). The van der Waals surface area contributed by atoms with E-state index in [1.807, 2.05) is 0 Å². The Hall–Kier alpha value is -7.89. The van der Waals surface area contributed by atoms with Crippen molar-refractivity contribution >= 4 is 59.2 Å². The van der Waals surface area contributed by atoms with Gasteiger partial charge in [0.2, 0.25) is 47.3 Å². The summed E-state index contributed by atoms with van der Waals surface area (Å²) >= 11 is 0. The number of amides is 8. The maximum Gasteiger partial charge on any atom is 0.326 e. The van der Waals surface area contributed by atoms with E-state index in [2.05, 4.69) is 47.2 Å². The maximum absolute atomic E-state index is 14.1. The predicted molar refractivity (Wildman–Crippen MR) is 222 cm³/mol. The fourth-order valence-corrected chi connectivity index (χ4v) is 6.54. The summed E-state index contributed by atoms with van der Waals surface area (Å²) in [6, 6.07) is 1.70. The summed E-state index contributed by atoms with van der Waals surface area (Å²) in [5, 5.41) is 55.9. The Morgan fingerprint density at radius 3 is 1.68 bits per heavy atom. The molecule has 0 saturated carbocycles. The number of carboxylic acids is 2. The molecule has 348 valence electrons. The number of carbonyl (C=O) groups is 10. The first-order chi connectivity index (χ1) is 30.9. The first-order valence-corrected chi connectivity index (χ1v) is 20.2. The Balaban J connectivity index is 1.79. The van der Waals surface area contributed by atoms with Gasteiger partial charge in [0.15, 0.2) is 0 Å². The quantitative estimate of drug-likeness (QED) is 0.0781. The lowest BCUT2D eigenvalue weighted by molar-refractivity contribution is -0.142. The van der Waals surface area contributed by atoms with E-state index >= 15 is 0 Å². The van der Waals surface area contributed by atoms with E-state index in [4.69, 9.17) is 5.73 Å². The molecule has 1 aliphatic rings. The minimum atomic E-state index is -1.85. The number of phenolic OH excluding ortho intramolecular Hbond substituents is 1. The minimum absolute atomic E-state index is 0.151. The number of nitrogens with zero attached hydrogens (tertiary/aromatic N) is 1. The fraction of sp³-hybridized carbons (Fsp3) is 0.390. The van der Waals surface area contributed by atoms with Gasteiger partial charge in [-0.15, -0.1) is 0 Å². The van der Waals surface area contributed by atoms with Crippen LogP contribution in [0.15, 0.2) is 67.1 Å². The number of imidazole rings is 1. The zero-order chi connectivity index (χ0) is 47.6. The third kappa shape index (κ3) is 16.1. The van der Waals surface area contributed by atoms with E-state index in [-0.39, 0.29) is 25.0 Å². The number of benzene rings is 2. The molecular weight excluding hydrogens is 857 g/mol. The molecule has 0 spiro atoms. The number of carboxylic acid groups (broad SMARTS) is 2. The molecule has 2 heterocycles. The Labute approximate surface area is 369 Å². The monoisotopic (exact) mass is 906 g/mol. The highest BCUT2D eigenvalue weighted by Gasteiger charge is 2.35. The number of nitrogens with one attached hydrogen (secondary N) is 8. The number of H-pyrrole nitrogens is 1. The molecule has 3 aromatic rings. The van der Waals surface area contributed by atoms with Crippen molar-refractivity contribution in [1.29, 1.82) is 0 Å². The number of phenols is 1. The van der Waals surface area contributed by atoms with Crippen LogP contribution in [-0.2, 0) is 67.2 Å². The molecule has 2 aromatic carbocycles. The number of aromatic nitrogens is 2.